The van der Waals surface area contributed by atoms with E-state index in [9.17, 15) is 0 Å². The molecule has 0 unspecified atom stereocenters. The molecule has 2 aromatic carbocycles. The lowest BCUT2D eigenvalue weighted by molar-refractivity contribution is 0.842. The molecular weight excluding hydrogens is 230 g/mol. The number of rotatable bonds is 2. The van der Waals surface area contributed by atoms with Crippen LogP contribution in [0.3, 0.4) is 0 Å². The Morgan fingerprint density at radius 3 is 2.68 bits per heavy atom. The molecule has 0 N–H and O–H groups in total. The smallest absolute Gasteiger partial charge is 0.0492 e. The second kappa shape index (κ2) is 3.86. The fraction of sp³-hybridized carbons (Fsp3) is 0.0556. The van der Waals surface area contributed by atoms with Gasteiger partial charge in [0.15, 0.2) is 0 Å². The van der Waals surface area contributed by atoms with Gasteiger partial charge < -0.3 is 4.57 Å². The van der Waals surface area contributed by atoms with Crippen LogP contribution in [0.4, 0.5) is 0 Å². The molecule has 0 amide bonds. The molecule has 0 aliphatic heterocycles. The van der Waals surface area contributed by atoms with Gasteiger partial charge in [0.25, 0.3) is 0 Å². The monoisotopic (exact) mass is 244 g/mol. The molecule has 0 spiro atoms. The number of hydrogen-bond donors (Lipinski definition) is 0. The van der Waals surface area contributed by atoms with Crippen molar-refractivity contribution < 1.29 is 0 Å². The molecule has 1 aromatic heterocycles. The van der Waals surface area contributed by atoms with E-state index < -0.39 is 0 Å². The molecular formula is C18H14N. The Bertz CT molecular complexity index is 793. The molecule has 1 aliphatic carbocycles. The van der Waals surface area contributed by atoms with Crippen molar-refractivity contribution in [1.82, 2.24) is 4.57 Å². The van der Waals surface area contributed by atoms with Crippen LogP contribution < -0.4 is 0 Å². The summed E-state index contributed by atoms with van der Waals surface area (Å²) in [6.07, 6.45) is 4.25. The minimum absolute atomic E-state index is 0.848. The van der Waals surface area contributed by atoms with E-state index in [1.807, 2.05) is 6.08 Å². The minimum atomic E-state index is 0.848. The van der Waals surface area contributed by atoms with E-state index in [1.54, 1.807) is 0 Å². The van der Waals surface area contributed by atoms with Crippen LogP contribution in [0, 0.1) is 6.42 Å². The highest BCUT2D eigenvalue weighted by Crippen LogP contribution is 2.44. The number of hydrogen-bond acceptors (Lipinski definition) is 0. The summed E-state index contributed by atoms with van der Waals surface area (Å²) in [6, 6.07) is 17.2. The second-order valence-electron chi connectivity index (χ2n) is 4.91. The number of para-hydroxylation sites is 1. The van der Waals surface area contributed by atoms with E-state index >= 15 is 0 Å². The van der Waals surface area contributed by atoms with Gasteiger partial charge in [-0.2, -0.15) is 0 Å². The van der Waals surface area contributed by atoms with Gasteiger partial charge in [-0.1, -0.05) is 48.5 Å². The summed E-state index contributed by atoms with van der Waals surface area (Å²) in [7, 11) is 0. The first-order valence-electron chi connectivity index (χ1n) is 6.56. The van der Waals surface area contributed by atoms with Crippen LogP contribution in [0.5, 0.6) is 0 Å². The number of nitrogens with zero attached hydrogens (tertiary/aromatic N) is 1. The summed E-state index contributed by atoms with van der Waals surface area (Å²) in [6.45, 7) is 4.73. The molecule has 91 valence electrons. The van der Waals surface area contributed by atoms with Crippen molar-refractivity contribution >= 4 is 10.9 Å². The largest absolute Gasteiger partial charge is 0.339 e. The summed E-state index contributed by atoms with van der Waals surface area (Å²) >= 11 is 0. The molecule has 3 aromatic rings. The van der Waals surface area contributed by atoms with Crippen molar-refractivity contribution in [1.29, 1.82) is 0 Å². The van der Waals surface area contributed by atoms with Gasteiger partial charge in [0.1, 0.15) is 0 Å². The third-order valence-electron chi connectivity index (χ3n) is 3.85. The average molecular weight is 244 g/mol. The van der Waals surface area contributed by atoms with Gasteiger partial charge in [0.05, 0.1) is 0 Å². The van der Waals surface area contributed by atoms with Crippen molar-refractivity contribution in [3.05, 3.63) is 78.9 Å². The van der Waals surface area contributed by atoms with Crippen LogP contribution in [0.1, 0.15) is 11.3 Å². The lowest BCUT2D eigenvalue weighted by Crippen LogP contribution is -1.98. The number of benzene rings is 2. The zero-order valence-electron chi connectivity index (χ0n) is 10.6. The van der Waals surface area contributed by atoms with Crippen molar-refractivity contribution in [3.63, 3.8) is 0 Å². The molecule has 1 nitrogen and oxygen atoms in total. The van der Waals surface area contributed by atoms with Crippen molar-refractivity contribution in [3.8, 4) is 11.1 Å². The highest BCUT2D eigenvalue weighted by Gasteiger charge is 2.25. The Morgan fingerprint density at radius 2 is 1.79 bits per heavy atom. The molecule has 4 rings (SSSR count). The van der Waals surface area contributed by atoms with E-state index in [2.05, 4.69) is 66.1 Å². The van der Waals surface area contributed by atoms with E-state index in [0.717, 1.165) is 6.54 Å². The van der Waals surface area contributed by atoms with Gasteiger partial charge in [0.2, 0.25) is 0 Å². The van der Waals surface area contributed by atoms with Crippen molar-refractivity contribution in [2.75, 3.05) is 0 Å². The van der Waals surface area contributed by atoms with Gasteiger partial charge >= 0.3 is 0 Å². The Balaban J connectivity index is 2.12. The SMILES string of the molecule is C=CCn1c2c(c3ccccc31)-c1ccccc1[CH]2. The molecule has 1 aliphatic rings. The summed E-state index contributed by atoms with van der Waals surface area (Å²) in [5, 5.41) is 1.33. The fourth-order valence-corrected chi connectivity index (χ4v) is 3.08. The number of allylic oxidation sites excluding steroid dienone is 1. The van der Waals surface area contributed by atoms with E-state index in [4.69, 9.17) is 0 Å². The van der Waals surface area contributed by atoms with Crippen molar-refractivity contribution in [2.45, 2.75) is 6.54 Å². The Labute approximate surface area is 112 Å². The lowest BCUT2D eigenvalue weighted by Gasteiger charge is -2.06. The Hall–Kier alpha value is -2.28. The number of fused-ring (bicyclic) bond motifs is 5. The third-order valence-corrected chi connectivity index (χ3v) is 3.85. The van der Waals surface area contributed by atoms with Gasteiger partial charge in [-0.3, -0.25) is 0 Å². The highest BCUT2D eigenvalue weighted by atomic mass is 15.0. The quantitative estimate of drug-likeness (QED) is 0.460. The first-order chi connectivity index (χ1) is 9.40. The molecule has 0 bridgehead atoms. The first kappa shape index (κ1) is 10.6. The van der Waals surface area contributed by atoms with Crippen LogP contribution in [0.25, 0.3) is 22.0 Å². The molecule has 0 atom stereocenters. The third kappa shape index (κ3) is 1.36. The first-order valence-corrected chi connectivity index (χ1v) is 6.56. The predicted octanol–water partition coefficient (Wildman–Crippen LogP) is 4.41. The normalized spacial score (nSPS) is 12.4. The predicted molar refractivity (Wildman–Crippen MR) is 80.1 cm³/mol. The molecule has 0 saturated carbocycles. The Kier molecular flexibility index (Phi) is 2.16. The van der Waals surface area contributed by atoms with Crippen LogP contribution in [-0.4, -0.2) is 4.57 Å². The molecule has 19 heavy (non-hydrogen) atoms. The zero-order chi connectivity index (χ0) is 12.8. The fourth-order valence-electron chi connectivity index (χ4n) is 3.08. The highest BCUT2D eigenvalue weighted by molar-refractivity contribution is 6.02. The lowest BCUT2D eigenvalue weighted by atomic mass is 10.0. The molecule has 0 saturated heterocycles. The van der Waals surface area contributed by atoms with E-state index in [1.165, 1.54) is 33.3 Å². The Morgan fingerprint density at radius 1 is 1.00 bits per heavy atom. The van der Waals surface area contributed by atoms with Crippen LogP contribution in [-0.2, 0) is 6.54 Å². The molecule has 1 heterocycles. The summed E-state index contributed by atoms with van der Waals surface area (Å²) in [5.74, 6) is 0. The number of aromatic nitrogens is 1. The average Bonchev–Trinajstić information content (AvgIpc) is 2.96. The van der Waals surface area contributed by atoms with Gasteiger partial charge in [-0.05, 0) is 17.2 Å². The van der Waals surface area contributed by atoms with E-state index in [-0.39, 0.29) is 0 Å². The second-order valence-corrected chi connectivity index (χ2v) is 4.91. The molecule has 1 heteroatoms. The topological polar surface area (TPSA) is 4.93 Å². The van der Waals surface area contributed by atoms with Crippen molar-refractivity contribution in [2.24, 2.45) is 0 Å². The maximum atomic E-state index is 3.88. The summed E-state index contributed by atoms with van der Waals surface area (Å²) in [5.41, 5.74) is 6.63. The summed E-state index contributed by atoms with van der Waals surface area (Å²) in [4.78, 5) is 0. The molecule has 1 radical (unpaired) electrons. The standard InChI is InChI=1S/C18H14N/c1-2-11-19-16-10-6-5-9-15(16)18-14-8-4-3-7-13(14)12-17(18)19/h2-10,12H,1,11H2. The zero-order valence-corrected chi connectivity index (χ0v) is 10.6. The minimum Gasteiger partial charge on any atom is -0.339 e. The van der Waals surface area contributed by atoms with Crippen LogP contribution >= 0.6 is 0 Å². The maximum Gasteiger partial charge on any atom is 0.0492 e. The van der Waals surface area contributed by atoms with Gasteiger partial charge in [-0.15, -0.1) is 6.58 Å². The van der Waals surface area contributed by atoms with Gasteiger partial charge in [-0.25, -0.2) is 0 Å². The summed E-state index contributed by atoms with van der Waals surface area (Å²) < 4.78 is 2.34. The van der Waals surface area contributed by atoms with E-state index in [0.29, 0.717) is 0 Å². The van der Waals surface area contributed by atoms with Gasteiger partial charge in [0, 0.05) is 35.1 Å². The van der Waals surface area contributed by atoms with Crippen LogP contribution in [0.15, 0.2) is 61.2 Å². The maximum absolute atomic E-state index is 3.88. The van der Waals surface area contributed by atoms with Crippen LogP contribution in [0.2, 0.25) is 0 Å². The molecule has 0 fully saturated rings.